The lowest BCUT2D eigenvalue weighted by atomic mass is 9.72. The largest absolute Gasteiger partial charge is 0.316 e. The van der Waals surface area contributed by atoms with Crippen LogP contribution in [0.25, 0.3) is 0 Å². The van der Waals surface area contributed by atoms with Crippen LogP contribution < -0.4 is 5.32 Å². The number of rotatable bonds is 2. The fourth-order valence-electron chi connectivity index (χ4n) is 4.53. The Morgan fingerprint density at radius 1 is 0.900 bits per heavy atom. The first-order valence-electron chi connectivity index (χ1n) is 8.45. The SMILES string of the molecule is Cc1cc(C)c(C2CCNCC2C2CCCC2)cc1C. The number of aryl methyl sites for hydroxylation is 3. The fourth-order valence-corrected chi connectivity index (χ4v) is 4.53. The lowest BCUT2D eigenvalue weighted by Crippen LogP contribution is -2.39. The molecule has 0 bridgehead atoms. The second-order valence-corrected chi connectivity index (χ2v) is 7.10. The molecule has 1 heterocycles. The summed E-state index contributed by atoms with van der Waals surface area (Å²) in [7, 11) is 0. The van der Waals surface area contributed by atoms with Crippen LogP contribution in [0, 0.1) is 32.6 Å². The molecule has 0 amide bonds. The molecule has 1 saturated carbocycles. The molecule has 0 aromatic heterocycles. The molecule has 3 rings (SSSR count). The van der Waals surface area contributed by atoms with Crippen LogP contribution in [0.15, 0.2) is 12.1 Å². The Morgan fingerprint density at radius 3 is 2.35 bits per heavy atom. The van der Waals surface area contributed by atoms with E-state index in [0.29, 0.717) is 0 Å². The molecular formula is C19H29N. The van der Waals surface area contributed by atoms with Gasteiger partial charge in [0, 0.05) is 0 Å². The first kappa shape index (κ1) is 14.1. The highest BCUT2D eigenvalue weighted by molar-refractivity contribution is 5.39. The third-order valence-electron chi connectivity index (χ3n) is 5.82. The summed E-state index contributed by atoms with van der Waals surface area (Å²) in [6, 6.07) is 4.89. The van der Waals surface area contributed by atoms with Crippen molar-refractivity contribution in [3.8, 4) is 0 Å². The van der Waals surface area contributed by atoms with Crippen molar-refractivity contribution in [3.63, 3.8) is 0 Å². The number of nitrogens with one attached hydrogen (secondary N) is 1. The zero-order chi connectivity index (χ0) is 14.1. The second-order valence-electron chi connectivity index (χ2n) is 7.10. The summed E-state index contributed by atoms with van der Waals surface area (Å²) in [6.07, 6.45) is 7.17. The van der Waals surface area contributed by atoms with Crippen molar-refractivity contribution < 1.29 is 0 Å². The minimum absolute atomic E-state index is 0.790. The number of benzene rings is 1. The average Bonchev–Trinajstić information content (AvgIpc) is 2.97. The minimum atomic E-state index is 0.790. The highest BCUT2D eigenvalue weighted by Crippen LogP contribution is 2.43. The third-order valence-corrected chi connectivity index (χ3v) is 5.82. The van der Waals surface area contributed by atoms with Crippen molar-refractivity contribution >= 4 is 0 Å². The summed E-state index contributed by atoms with van der Waals surface area (Å²) in [5.74, 6) is 2.62. The first-order valence-corrected chi connectivity index (χ1v) is 8.45. The molecule has 1 aromatic rings. The summed E-state index contributed by atoms with van der Waals surface area (Å²) in [5, 5.41) is 3.66. The van der Waals surface area contributed by atoms with Gasteiger partial charge in [0.15, 0.2) is 0 Å². The van der Waals surface area contributed by atoms with Crippen LogP contribution >= 0.6 is 0 Å². The molecule has 1 aromatic carbocycles. The molecule has 20 heavy (non-hydrogen) atoms. The standard InChI is InChI=1S/C19H29N/c1-13-10-15(3)18(11-14(13)2)17-8-9-20-12-19(17)16-6-4-5-7-16/h10-11,16-17,19-20H,4-9,12H2,1-3H3. The maximum absolute atomic E-state index is 3.66. The molecule has 1 N–H and O–H groups in total. The van der Waals surface area contributed by atoms with Crippen LogP contribution in [0.3, 0.4) is 0 Å². The molecule has 1 nitrogen and oxygen atoms in total. The molecule has 2 unspecified atom stereocenters. The summed E-state index contributed by atoms with van der Waals surface area (Å²) in [4.78, 5) is 0. The van der Waals surface area contributed by atoms with Gasteiger partial charge in [-0.05, 0) is 80.3 Å². The van der Waals surface area contributed by atoms with E-state index < -0.39 is 0 Å². The Kier molecular flexibility index (Phi) is 4.16. The highest BCUT2D eigenvalue weighted by Gasteiger charge is 2.34. The van der Waals surface area contributed by atoms with Gasteiger partial charge < -0.3 is 5.32 Å². The molecule has 2 fully saturated rings. The van der Waals surface area contributed by atoms with Crippen molar-refractivity contribution in [2.75, 3.05) is 13.1 Å². The predicted octanol–water partition coefficient (Wildman–Crippen LogP) is 4.50. The Balaban J connectivity index is 1.91. The smallest absolute Gasteiger partial charge is 0.00120 e. The Labute approximate surface area is 124 Å². The topological polar surface area (TPSA) is 12.0 Å². The predicted molar refractivity (Wildman–Crippen MR) is 86.3 cm³/mol. The van der Waals surface area contributed by atoms with Crippen molar-refractivity contribution in [2.45, 2.75) is 58.8 Å². The molecule has 2 atom stereocenters. The van der Waals surface area contributed by atoms with E-state index in [1.54, 1.807) is 5.56 Å². The van der Waals surface area contributed by atoms with E-state index in [1.165, 1.54) is 61.9 Å². The van der Waals surface area contributed by atoms with E-state index in [0.717, 1.165) is 17.8 Å². The van der Waals surface area contributed by atoms with Gasteiger partial charge in [-0.2, -0.15) is 0 Å². The number of hydrogen-bond donors (Lipinski definition) is 1. The van der Waals surface area contributed by atoms with E-state index in [9.17, 15) is 0 Å². The van der Waals surface area contributed by atoms with Crippen molar-refractivity contribution in [2.24, 2.45) is 11.8 Å². The monoisotopic (exact) mass is 271 g/mol. The second kappa shape index (κ2) is 5.89. The van der Waals surface area contributed by atoms with Gasteiger partial charge >= 0.3 is 0 Å². The molecule has 1 heteroatoms. The molecule has 2 aliphatic rings. The molecular weight excluding hydrogens is 242 g/mol. The van der Waals surface area contributed by atoms with E-state index in [2.05, 4.69) is 38.2 Å². The van der Waals surface area contributed by atoms with Crippen LogP contribution in [0.4, 0.5) is 0 Å². The van der Waals surface area contributed by atoms with Gasteiger partial charge in [-0.1, -0.05) is 37.8 Å². The zero-order valence-electron chi connectivity index (χ0n) is 13.3. The van der Waals surface area contributed by atoms with Gasteiger partial charge in [-0.3, -0.25) is 0 Å². The molecule has 0 radical (unpaired) electrons. The van der Waals surface area contributed by atoms with Crippen molar-refractivity contribution in [1.29, 1.82) is 0 Å². The maximum Gasteiger partial charge on any atom is -0.00120 e. The van der Waals surface area contributed by atoms with Crippen molar-refractivity contribution in [3.05, 3.63) is 34.4 Å². The van der Waals surface area contributed by atoms with Gasteiger partial charge in [0.2, 0.25) is 0 Å². The molecule has 0 spiro atoms. The van der Waals surface area contributed by atoms with Crippen LogP contribution in [0.2, 0.25) is 0 Å². The zero-order valence-corrected chi connectivity index (χ0v) is 13.3. The molecule has 1 aliphatic carbocycles. The minimum Gasteiger partial charge on any atom is -0.316 e. The third kappa shape index (κ3) is 2.65. The van der Waals surface area contributed by atoms with E-state index in [1.807, 2.05) is 0 Å². The average molecular weight is 271 g/mol. The van der Waals surface area contributed by atoms with E-state index in [-0.39, 0.29) is 0 Å². The highest BCUT2D eigenvalue weighted by atomic mass is 14.9. The molecule has 1 saturated heterocycles. The van der Waals surface area contributed by atoms with Gasteiger partial charge in [0.25, 0.3) is 0 Å². The summed E-state index contributed by atoms with van der Waals surface area (Å²) < 4.78 is 0. The molecule has 1 aliphatic heterocycles. The summed E-state index contributed by atoms with van der Waals surface area (Å²) >= 11 is 0. The Hall–Kier alpha value is -0.820. The number of piperidine rings is 1. The van der Waals surface area contributed by atoms with Crippen LogP contribution in [0.1, 0.15) is 60.3 Å². The first-order chi connectivity index (χ1) is 9.66. The van der Waals surface area contributed by atoms with Gasteiger partial charge in [0.05, 0.1) is 0 Å². The van der Waals surface area contributed by atoms with E-state index in [4.69, 9.17) is 0 Å². The van der Waals surface area contributed by atoms with Gasteiger partial charge in [-0.25, -0.2) is 0 Å². The number of hydrogen-bond acceptors (Lipinski definition) is 1. The van der Waals surface area contributed by atoms with Crippen LogP contribution in [-0.2, 0) is 0 Å². The Morgan fingerprint density at radius 2 is 1.60 bits per heavy atom. The van der Waals surface area contributed by atoms with Gasteiger partial charge in [0.1, 0.15) is 0 Å². The van der Waals surface area contributed by atoms with Crippen molar-refractivity contribution in [1.82, 2.24) is 5.32 Å². The summed E-state index contributed by atoms with van der Waals surface area (Å²) in [6.45, 7) is 9.25. The lowest BCUT2D eigenvalue weighted by Gasteiger charge is -2.37. The lowest BCUT2D eigenvalue weighted by molar-refractivity contribution is 0.230. The van der Waals surface area contributed by atoms with Crippen LogP contribution in [-0.4, -0.2) is 13.1 Å². The van der Waals surface area contributed by atoms with Gasteiger partial charge in [-0.15, -0.1) is 0 Å². The van der Waals surface area contributed by atoms with E-state index >= 15 is 0 Å². The summed E-state index contributed by atoms with van der Waals surface area (Å²) in [5.41, 5.74) is 6.07. The normalized spacial score (nSPS) is 27.9. The maximum atomic E-state index is 3.66. The molecule has 110 valence electrons. The Bertz CT molecular complexity index is 471. The van der Waals surface area contributed by atoms with Crippen LogP contribution in [0.5, 0.6) is 0 Å². The quantitative estimate of drug-likeness (QED) is 0.835. The fraction of sp³-hybridized carbons (Fsp3) is 0.684.